The maximum absolute atomic E-state index is 6.01. The van der Waals surface area contributed by atoms with E-state index in [1.807, 2.05) is 13.8 Å². The van der Waals surface area contributed by atoms with Crippen LogP contribution >= 0.6 is 22.9 Å². The Morgan fingerprint density at radius 3 is 2.85 bits per heavy atom. The van der Waals surface area contributed by atoms with Crippen LogP contribution in [0.25, 0.3) is 4.96 Å². The van der Waals surface area contributed by atoms with Crippen molar-refractivity contribution in [3.05, 3.63) is 16.4 Å². The van der Waals surface area contributed by atoms with E-state index in [-0.39, 0.29) is 0 Å². The molecule has 4 nitrogen and oxygen atoms in total. The van der Waals surface area contributed by atoms with Gasteiger partial charge in [0, 0.05) is 13.8 Å². The average Bonchev–Trinajstić information content (AvgIpc) is 2.42. The highest BCUT2D eigenvalue weighted by Crippen LogP contribution is 2.18. The predicted octanol–water partition coefficient (Wildman–Crippen LogP) is 1.13. The molecule has 0 saturated heterocycles. The summed E-state index contributed by atoms with van der Waals surface area (Å²) in [5.41, 5.74) is 7.24. The molecule has 13 heavy (non-hydrogen) atoms. The highest BCUT2D eigenvalue weighted by molar-refractivity contribution is 7.19. The smallest absolute Gasteiger partial charge is 0.372 e. The van der Waals surface area contributed by atoms with E-state index < -0.39 is 0 Å². The minimum atomic E-state index is 0.497. The van der Waals surface area contributed by atoms with Gasteiger partial charge < -0.3 is 5.73 Å². The molecule has 2 aromatic heterocycles. The number of aromatic nitrogens is 3. The number of fused-ring (bicyclic) bond motifs is 1. The molecule has 0 aliphatic heterocycles. The number of hydrogen-bond donors (Lipinski definition) is 1. The molecule has 0 spiro atoms. The van der Waals surface area contributed by atoms with E-state index in [4.69, 9.17) is 17.3 Å². The fraction of sp³-hybridized carbons (Fsp3) is 0.286. The zero-order valence-corrected chi connectivity index (χ0v) is 8.78. The monoisotopic (exact) mass is 215 g/mol. The third-order valence-electron chi connectivity index (χ3n) is 1.79. The van der Waals surface area contributed by atoms with Crippen molar-refractivity contribution >= 4 is 33.0 Å². The fourth-order valence-corrected chi connectivity index (χ4v) is 2.01. The van der Waals surface area contributed by atoms with E-state index in [1.54, 1.807) is 4.52 Å². The molecule has 2 N–H and O–H groups in total. The lowest BCUT2D eigenvalue weighted by molar-refractivity contribution is -0.583. The van der Waals surface area contributed by atoms with E-state index in [9.17, 15) is 0 Å². The summed E-state index contributed by atoms with van der Waals surface area (Å²) in [6, 6.07) is 0. The molecule has 2 heterocycles. The lowest BCUT2D eigenvalue weighted by Gasteiger charge is -1.92. The molecule has 2 rings (SSSR count). The molecule has 2 aromatic rings. The summed E-state index contributed by atoms with van der Waals surface area (Å²) >= 11 is 7.36. The molecular weight excluding hydrogens is 208 g/mol. The Morgan fingerprint density at radius 2 is 2.15 bits per heavy atom. The molecule has 0 atom stereocenters. The normalized spacial score (nSPS) is 11.0. The number of hydrogen-bond acceptors (Lipinski definition) is 4. The van der Waals surface area contributed by atoms with Crippen molar-refractivity contribution in [2.75, 3.05) is 5.73 Å². The van der Waals surface area contributed by atoms with Gasteiger partial charge in [-0.2, -0.15) is 0 Å². The standard InChI is InChI=1S/C7H8ClN4S/c1-3-5(8)4(2)12-7(10-3)13-6(9)11-12/h1-2H3,(H2,9,11)/q+1. The Labute approximate surface area is 84.0 Å². The summed E-state index contributed by atoms with van der Waals surface area (Å²) in [6.45, 7) is 3.76. The van der Waals surface area contributed by atoms with Crippen molar-refractivity contribution in [2.24, 2.45) is 0 Å². The summed E-state index contributed by atoms with van der Waals surface area (Å²) in [4.78, 5) is 5.04. The molecule has 0 bridgehead atoms. The summed E-state index contributed by atoms with van der Waals surface area (Å²) in [7, 11) is 0. The average molecular weight is 216 g/mol. The van der Waals surface area contributed by atoms with Crippen LogP contribution in [-0.4, -0.2) is 10.1 Å². The Hall–Kier alpha value is -0.940. The van der Waals surface area contributed by atoms with Gasteiger partial charge in [-0.25, -0.2) is 0 Å². The third kappa shape index (κ3) is 1.24. The Kier molecular flexibility index (Phi) is 1.85. The van der Waals surface area contributed by atoms with Gasteiger partial charge in [0.1, 0.15) is 5.02 Å². The van der Waals surface area contributed by atoms with Gasteiger partial charge in [-0.1, -0.05) is 16.1 Å². The van der Waals surface area contributed by atoms with Crippen LogP contribution < -0.4 is 10.2 Å². The first kappa shape index (κ1) is 8.65. The van der Waals surface area contributed by atoms with E-state index in [1.165, 1.54) is 11.3 Å². The Morgan fingerprint density at radius 1 is 1.46 bits per heavy atom. The second kappa shape index (κ2) is 2.78. The summed E-state index contributed by atoms with van der Waals surface area (Å²) in [5, 5.41) is 5.22. The minimum absolute atomic E-state index is 0.497. The summed E-state index contributed by atoms with van der Waals surface area (Å²) < 4.78 is 1.66. The molecule has 0 aromatic carbocycles. The van der Waals surface area contributed by atoms with Gasteiger partial charge in [0.2, 0.25) is 5.13 Å². The quantitative estimate of drug-likeness (QED) is 0.671. The van der Waals surface area contributed by atoms with Crippen molar-refractivity contribution in [1.82, 2.24) is 10.1 Å². The molecule has 6 heteroatoms. The van der Waals surface area contributed by atoms with Crippen molar-refractivity contribution in [3.8, 4) is 0 Å². The molecule has 0 unspecified atom stereocenters. The zero-order chi connectivity index (χ0) is 9.59. The molecule has 0 saturated carbocycles. The van der Waals surface area contributed by atoms with Crippen LogP contribution in [-0.2, 0) is 0 Å². The molecule has 0 aliphatic carbocycles. The minimum Gasteiger partial charge on any atom is -0.372 e. The van der Waals surface area contributed by atoms with Crippen molar-refractivity contribution < 1.29 is 4.52 Å². The Balaban J connectivity index is 2.92. The number of halogens is 1. The molecule has 0 amide bonds. The first-order chi connectivity index (χ1) is 6.09. The summed E-state index contributed by atoms with van der Waals surface area (Å²) in [5.74, 6) is 0. The van der Waals surface area contributed by atoms with Crippen LogP contribution in [0.3, 0.4) is 0 Å². The van der Waals surface area contributed by atoms with Crippen LogP contribution in [0.2, 0.25) is 5.02 Å². The van der Waals surface area contributed by atoms with E-state index >= 15 is 0 Å². The predicted molar refractivity (Wildman–Crippen MR) is 52.0 cm³/mol. The van der Waals surface area contributed by atoms with Crippen molar-refractivity contribution in [3.63, 3.8) is 0 Å². The second-order valence-corrected chi connectivity index (χ2v) is 4.10. The van der Waals surface area contributed by atoms with Crippen LogP contribution in [0.1, 0.15) is 11.4 Å². The van der Waals surface area contributed by atoms with Crippen LogP contribution in [0.4, 0.5) is 5.13 Å². The highest BCUT2D eigenvalue weighted by Gasteiger charge is 2.19. The molecular formula is C7H8ClN4S+. The van der Waals surface area contributed by atoms with E-state index in [0.29, 0.717) is 10.2 Å². The maximum Gasteiger partial charge on any atom is 0.411 e. The van der Waals surface area contributed by atoms with Gasteiger partial charge >= 0.3 is 4.96 Å². The van der Waals surface area contributed by atoms with Gasteiger partial charge in [0.25, 0.3) is 0 Å². The van der Waals surface area contributed by atoms with Crippen LogP contribution in [0, 0.1) is 13.8 Å². The number of anilines is 1. The zero-order valence-electron chi connectivity index (χ0n) is 7.21. The number of aryl methyl sites for hydroxylation is 2. The number of rotatable bonds is 0. The lowest BCUT2D eigenvalue weighted by atomic mass is 10.3. The maximum atomic E-state index is 6.01. The molecule has 0 aliphatic rings. The van der Waals surface area contributed by atoms with Gasteiger partial charge in [-0.05, 0) is 21.4 Å². The molecule has 0 radical (unpaired) electrons. The van der Waals surface area contributed by atoms with Crippen LogP contribution in [0.15, 0.2) is 0 Å². The van der Waals surface area contributed by atoms with Gasteiger partial charge in [-0.3, -0.25) is 0 Å². The summed E-state index contributed by atoms with van der Waals surface area (Å²) in [6.07, 6.45) is 0. The van der Waals surface area contributed by atoms with Crippen LogP contribution in [0.5, 0.6) is 0 Å². The fourth-order valence-electron chi connectivity index (χ4n) is 1.13. The van der Waals surface area contributed by atoms with E-state index in [0.717, 1.165) is 16.3 Å². The van der Waals surface area contributed by atoms with Gasteiger partial charge in [0.05, 0.1) is 0 Å². The van der Waals surface area contributed by atoms with Gasteiger partial charge in [-0.15, -0.1) is 0 Å². The second-order valence-electron chi connectivity index (χ2n) is 2.73. The topological polar surface area (TPSA) is 55.9 Å². The number of nitrogens with two attached hydrogens (primary N) is 1. The van der Waals surface area contributed by atoms with Gasteiger partial charge in [0.15, 0.2) is 11.4 Å². The molecule has 0 fully saturated rings. The lowest BCUT2D eigenvalue weighted by Crippen LogP contribution is -2.29. The first-order valence-corrected chi connectivity index (χ1v) is 4.90. The van der Waals surface area contributed by atoms with Crippen molar-refractivity contribution in [1.29, 1.82) is 0 Å². The van der Waals surface area contributed by atoms with Crippen molar-refractivity contribution in [2.45, 2.75) is 13.8 Å². The molecule has 68 valence electrons. The highest BCUT2D eigenvalue weighted by atomic mass is 35.5. The number of nitrogens with zero attached hydrogens (tertiary/aromatic N) is 3. The third-order valence-corrected chi connectivity index (χ3v) is 3.08. The SMILES string of the molecule is Cc1nc2sc(N)n[n+]2c(C)c1Cl. The number of nitrogen functional groups attached to an aromatic ring is 1. The van der Waals surface area contributed by atoms with E-state index in [2.05, 4.69) is 10.1 Å². The largest absolute Gasteiger partial charge is 0.411 e. The Bertz CT molecular complexity index is 479. The first-order valence-electron chi connectivity index (χ1n) is 3.70.